The Balaban J connectivity index is 2.63. The van der Waals surface area contributed by atoms with Crippen LogP contribution in [0.25, 0.3) is 0 Å². The first-order valence-corrected chi connectivity index (χ1v) is 3.06. The van der Waals surface area contributed by atoms with E-state index in [2.05, 4.69) is 12.6 Å². The first-order valence-electron chi connectivity index (χ1n) is 2.01. The lowest BCUT2D eigenvalue weighted by Gasteiger charge is -1.93. The molecular weight excluding hydrogens is 116 g/mol. The summed E-state index contributed by atoms with van der Waals surface area (Å²) in [5.41, 5.74) is 0. The maximum Gasteiger partial charge on any atom is 0.0233 e. The summed E-state index contributed by atoms with van der Waals surface area (Å²) in [6.45, 7) is 2.03. The van der Waals surface area contributed by atoms with Gasteiger partial charge in [0.1, 0.15) is 0 Å². The molecule has 0 saturated heterocycles. The highest BCUT2D eigenvalue weighted by atomic mass is 35.5. The molecule has 0 aromatic carbocycles. The Labute approximate surface area is 49.3 Å². The van der Waals surface area contributed by atoms with Gasteiger partial charge < -0.3 is 0 Å². The minimum atomic E-state index is 0.461. The Morgan fingerprint density at radius 2 is 2.33 bits per heavy atom. The number of hydrogen-bond donors (Lipinski definition) is 1. The van der Waals surface area contributed by atoms with Crippen molar-refractivity contribution in [2.75, 3.05) is 5.88 Å². The first kappa shape index (κ1) is 6.64. The molecule has 0 amide bonds. The van der Waals surface area contributed by atoms with Gasteiger partial charge in [-0.05, 0) is 11.7 Å². The maximum absolute atomic E-state index is 5.35. The van der Waals surface area contributed by atoms with E-state index in [1.54, 1.807) is 0 Å². The van der Waals surface area contributed by atoms with Gasteiger partial charge in [-0.25, -0.2) is 0 Å². The Morgan fingerprint density at radius 3 is 2.33 bits per heavy atom. The van der Waals surface area contributed by atoms with E-state index in [0.29, 0.717) is 5.25 Å². The molecule has 0 aromatic heterocycles. The fourth-order valence-corrected chi connectivity index (χ4v) is 0.766. The summed E-state index contributed by atoms with van der Waals surface area (Å²) in [4.78, 5) is 0. The van der Waals surface area contributed by atoms with Crippen molar-refractivity contribution in [3.05, 3.63) is 0 Å². The monoisotopic (exact) mass is 124 g/mol. The van der Waals surface area contributed by atoms with E-state index in [1.165, 1.54) is 0 Å². The van der Waals surface area contributed by atoms with E-state index in [9.17, 15) is 0 Å². The lowest BCUT2D eigenvalue weighted by molar-refractivity contribution is 0.920. The van der Waals surface area contributed by atoms with Gasteiger partial charge in [0.05, 0.1) is 0 Å². The van der Waals surface area contributed by atoms with Gasteiger partial charge in [0.2, 0.25) is 0 Å². The maximum atomic E-state index is 5.35. The van der Waals surface area contributed by atoms with E-state index in [0.717, 1.165) is 12.3 Å². The zero-order chi connectivity index (χ0) is 4.99. The Hall–Kier alpha value is 0.640. The van der Waals surface area contributed by atoms with Crippen molar-refractivity contribution in [2.45, 2.75) is 18.6 Å². The van der Waals surface area contributed by atoms with Gasteiger partial charge in [-0.2, -0.15) is 12.6 Å². The first-order chi connectivity index (χ1) is 2.77. The molecule has 0 heterocycles. The Bertz CT molecular complexity index is 28.7. The van der Waals surface area contributed by atoms with Crippen LogP contribution < -0.4 is 0 Å². The number of halogens is 1. The summed E-state index contributed by atoms with van der Waals surface area (Å²) in [6, 6.07) is 0. The zero-order valence-corrected chi connectivity index (χ0v) is 5.47. The summed E-state index contributed by atoms with van der Waals surface area (Å²) >= 11 is 9.44. The fraction of sp³-hybridized carbons (Fsp3) is 1.00. The van der Waals surface area contributed by atoms with Gasteiger partial charge in [-0.1, -0.05) is 6.92 Å². The second-order valence-corrected chi connectivity index (χ2v) is 2.59. The van der Waals surface area contributed by atoms with Crippen molar-refractivity contribution in [3.8, 4) is 0 Å². The average molecular weight is 125 g/mol. The van der Waals surface area contributed by atoms with E-state index in [1.807, 2.05) is 6.92 Å². The summed E-state index contributed by atoms with van der Waals surface area (Å²) in [5, 5.41) is 0.461. The lowest BCUT2D eigenvalue weighted by Crippen LogP contribution is -1.89. The Morgan fingerprint density at radius 1 is 1.83 bits per heavy atom. The van der Waals surface area contributed by atoms with Crippen LogP contribution in [-0.4, -0.2) is 11.1 Å². The highest BCUT2D eigenvalue weighted by molar-refractivity contribution is 7.80. The predicted molar refractivity (Wildman–Crippen MR) is 33.8 cm³/mol. The van der Waals surface area contributed by atoms with Gasteiger partial charge >= 0.3 is 0 Å². The molecule has 0 nitrogen and oxygen atoms in total. The number of alkyl halides is 1. The van der Waals surface area contributed by atoms with E-state index < -0.39 is 0 Å². The third-order valence-electron chi connectivity index (χ3n) is 0.527. The van der Waals surface area contributed by atoms with Gasteiger partial charge in [0, 0.05) is 5.88 Å². The molecule has 1 atom stereocenters. The Kier molecular flexibility index (Phi) is 4.22. The van der Waals surface area contributed by atoms with Crippen molar-refractivity contribution in [1.82, 2.24) is 0 Å². The van der Waals surface area contributed by atoms with Crippen LogP contribution in [0.1, 0.15) is 13.3 Å². The molecule has 0 aliphatic rings. The smallest absolute Gasteiger partial charge is 0.0233 e. The van der Waals surface area contributed by atoms with E-state index in [4.69, 9.17) is 11.6 Å². The van der Waals surface area contributed by atoms with Gasteiger partial charge in [-0.15, -0.1) is 11.6 Å². The summed E-state index contributed by atoms with van der Waals surface area (Å²) in [7, 11) is 0. The van der Waals surface area contributed by atoms with Crippen LogP contribution in [-0.2, 0) is 0 Å². The van der Waals surface area contributed by atoms with Crippen molar-refractivity contribution in [2.24, 2.45) is 0 Å². The molecule has 0 saturated carbocycles. The number of hydrogen-bond acceptors (Lipinski definition) is 1. The van der Waals surface area contributed by atoms with Crippen LogP contribution in [0.2, 0.25) is 0 Å². The van der Waals surface area contributed by atoms with Crippen LogP contribution in [0.5, 0.6) is 0 Å². The number of thiol groups is 1. The molecule has 0 bridgehead atoms. The number of rotatable bonds is 2. The predicted octanol–water partition coefficient (Wildman–Crippen LogP) is 1.93. The summed E-state index contributed by atoms with van der Waals surface area (Å²) in [6.07, 6.45) is 1.00. The second-order valence-electron chi connectivity index (χ2n) is 1.33. The summed E-state index contributed by atoms with van der Waals surface area (Å²) < 4.78 is 0. The van der Waals surface area contributed by atoms with E-state index >= 15 is 0 Å². The molecule has 0 aliphatic heterocycles. The van der Waals surface area contributed by atoms with Gasteiger partial charge in [0.15, 0.2) is 0 Å². The lowest BCUT2D eigenvalue weighted by atomic mass is 10.4. The standard InChI is InChI=1S/C4H9ClS/c1-4(6)2-3-5/h4,6H,2-3H2,1H3/t4-/m0/s1. The van der Waals surface area contributed by atoms with Crippen LogP contribution >= 0.6 is 24.2 Å². The third kappa shape index (κ3) is 4.64. The van der Waals surface area contributed by atoms with Crippen LogP contribution in [0.4, 0.5) is 0 Å². The van der Waals surface area contributed by atoms with Crippen molar-refractivity contribution in [3.63, 3.8) is 0 Å². The molecule has 38 valence electrons. The molecule has 0 unspecified atom stereocenters. The third-order valence-corrected chi connectivity index (χ3v) is 1.00. The normalized spacial score (nSPS) is 14.5. The molecule has 0 N–H and O–H groups in total. The highest BCUT2D eigenvalue weighted by Crippen LogP contribution is 1.98. The highest BCUT2D eigenvalue weighted by Gasteiger charge is 1.87. The van der Waals surface area contributed by atoms with Crippen molar-refractivity contribution >= 4 is 24.2 Å². The molecular formula is C4H9ClS. The molecule has 0 spiro atoms. The molecule has 0 aliphatic carbocycles. The summed E-state index contributed by atoms with van der Waals surface area (Å²) in [5.74, 6) is 0.727. The average Bonchev–Trinajstić information content (AvgIpc) is 1.35. The van der Waals surface area contributed by atoms with Crippen LogP contribution in [0, 0.1) is 0 Å². The van der Waals surface area contributed by atoms with Crippen molar-refractivity contribution in [1.29, 1.82) is 0 Å². The molecule has 0 radical (unpaired) electrons. The molecule has 0 fully saturated rings. The van der Waals surface area contributed by atoms with Gasteiger partial charge in [-0.3, -0.25) is 0 Å². The SMILES string of the molecule is C[C@H](S)CCCl. The van der Waals surface area contributed by atoms with Crippen LogP contribution in [0.3, 0.4) is 0 Å². The fourth-order valence-electron chi connectivity index (χ4n) is 0.158. The largest absolute Gasteiger partial charge is 0.176 e. The van der Waals surface area contributed by atoms with E-state index in [-0.39, 0.29) is 0 Å². The molecule has 2 heteroatoms. The quantitative estimate of drug-likeness (QED) is 0.422. The zero-order valence-electron chi connectivity index (χ0n) is 3.82. The second kappa shape index (κ2) is 3.82. The van der Waals surface area contributed by atoms with Crippen LogP contribution in [0.15, 0.2) is 0 Å². The molecule has 6 heavy (non-hydrogen) atoms. The minimum absolute atomic E-state index is 0.461. The molecule has 0 aromatic rings. The topological polar surface area (TPSA) is 0 Å². The van der Waals surface area contributed by atoms with Gasteiger partial charge in [0.25, 0.3) is 0 Å². The minimum Gasteiger partial charge on any atom is -0.176 e. The molecule has 0 rings (SSSR count). The van der Waals surface area contributed by atoms with Crippen molar-refractivity contribution < 1.29 is 0 Å².